The summed E-state index contributed by atoms with van der Waals surface area (Å²) in [6.07, 6.45) is 0. The molecule has 4 nitrogen and oxygen atoms in total. The molecule has 0 atom stereocenters. The second-order valence-corrected chi connectivity index (χ2v) is 4.12. The van der Waals surface area contributed by atoms with Crippen molar-refractivity contribution < 1.29 is 9.63 Å². The van der Waals surface area contributed by atoms with Gasteiger partial charge in [0.15, 0.2) is 0 Å². The number of carbonyl (C=O) groups excluding carboxylic acids is 1. The Morgan fingerprint density at radius 2 is 2.54 bits per heavy atom. The van der Waals surface area contributed by atoms with Gasteiger partial charge in [-0.3, -0.25) is 9.63 Å². The van der Waals surface area contributed by atoms with Crippen molar-refractivity contribution >= 4 is 33.2 Å². The normalized spacial score (nSPS) is 10.2. The van der Waals surface area contributed by atoms with E-state index in [2.05, 4.69) is 21.4 Å². The van der Waals surface area contributed by atoms with Crippen LogP contribution < -0.4 is 11.2 Å². The van der Waals surface area contributed by atoms with Crippen LogP contribution in [-0.4, -0.2) is 12.5 Å². The smallest absolute Gasteiger partial charge is 0.245 e. The number of thiophene rings is 1. The molecule has 0 unspecified atom stereocenters. The molecule has 1 heterocycles. The quantitative estimate of drug-likeness (QED) is 0.617. The molecular weight excluding hydrogens is 256 g/mol. The number of nitrogens with two attached hydrogens (primary N) is 1. The molecule has 1 amide bonds. The van der Waals surface area contributed by atoms with Crippen molar-refractivity contribution in [2.45, 2.75) is 6.54 Å². The van der Waals surface area contributed by atoms with Crippen LogP contribution in [0.25, 0.3) is 0 Å². The first-order valence-corrected chi connectivity index (χ1v) is 5.22. The number of nitrogens with one attached hydrogen (secondary N) is 1. The molecule has 1 rings (SSSR count). The third-order valence-corrected chi connectivity index (χ3v) is 3.17. The highest BCUT2D eigenvalue weighted by atomic mass is 79.9. The number of primary amides is 1. The van der Waals surface area contributed by atoms with E-state index in [9.17, 15) is 4.79 Å². The molecule has 0 radical (unpaired) electrons. The topological polar surface area (TPSA) is 64.4 Å². The minimum absolute atomic E-state index is 0.108. The third kappa shape index (κ3) is 3.86. The maximum absolute atomic E-state index is 10.3. The lowest BCUT2D eigenvalue weighted by Crippen LogP contribution is -2.24. The van der Waals surface area contributed by atoms with E-state index >= 15 is 0 Å². The maximum atomic E-state index is 10.3. The highest BCUT2D eigenvalue weighted by Crippen LogP contribution is 2.21. The van der Waals surface area contributed by atoms with Crippen LogP contribution >= 0.6 is 27.3 Å². The van der Waals surface area contributed by atoms with Gasteiger partial charge in [-0.25, -0.2) is 0 Å². The van der Waals surface area contributed by atoms with Crippen LogP contribution in [0.5, 0.6) is 0 Å². The van der Waals surface area contributed by atoms with Gasteiger partial charge in [-0.2, -0.15) is 5.48 Å². The Bertz CT molecular complexity index is 290. The van der Waals surface area contributed by atoms with E-state index in [0.29, 0.717) is 6.54 Å². The van der Waals surface area contributed by atoms with Gasteiger partial charge < -0.3 is 5.73 Å². The Morgan fingerprint density at radius 3 is 3.08 bits per heavy atom. The molecule has 0 aliphatic heterocycles. The standard InChI is InChI=1S/C7H9BrN2O2S/c8-5-1-2-13-6(5)3-10-12-4-7(9)11/h1-2,10H,3-4H2,(H2,9,11). The Hall–Kier alpha value is -0.430. The summed E-state index contributed by atoms with van der Waals surface area (Å²) < 4.78 is 1.03. The maximum Gasteiger partial charge on any atom is 0.245 e. The van der Waals surface area contributed by atoms with Crippen LogP contribution in [0.2, 0.25) is 0 Å². The predicted molar refractivity (Wildman–Crippen MR) is 54.0 cm³/mol. The second-order valence-electron chi connectivity index (χ2n) is 2.27. The summed E-state index contributed by atoms with van der Waals surface area (Å²) in [5, 5.41) is 1.97. The zero-order valence-electron chi connectivity index (χ0n) is 6.75. The molecule has 0 fully saturated rings. The van der Waals surface area contributed by atoms with Crippen molar-refractivity contribution in [1.29, 1.82) is 0 Å². The zero-order valence-corrected chi connectivity index (χ0v) is 9.15. The molecule has 0 saturated heterocycles. The molecule has 0 aliphatic carbocycles. The minimum atomic E-state index is -0.488. The van der Waals surface area contributed by atoms with Crippen LogP contribution in [-0.2, 0) is 16.2 Å². The zero-order chi connectivity index (χ0) is 9.68. The van der Waals surface area contributed by atoms with Crippen molar-refractivity contribution in [2.75, 3.05) is 6.61 Å². The van der Waals surface area contributed by atoms with Crippen LogP contribution in [0.15, 0.2) is 15.9 Å². The SMILES string of the molecule is NC(=O)CONCc1sccc1Br. The van der Waals surface area contributed by atoms with Gasteiger partial charge in [0.05, 0.1) is 6.54 Å². The lowest BCUT2D eigenvalue weighted by Gasteiger charge is -2.01. The Balaban J connectivity index is 2.20. The average molecular weight is 265 g/mol. The van der Waals surface area contributed by atoms with E-state index < -0.39 is 5.91 Å². The summed E-state index contributed by atoms with van der Waals surface area (Å²) in [5.41, 5.74) is 7.51. The van der Waals surface area contributed by atoms with E-state index in [1.165, 1.54) is 0 Å². The molecule has 0 saturated carbocycles. The van der Waals surface area contributed by atoms with Crippen LogP contribution in [0.3, 0.4) is 0 Å². The Kier molecular flexibility index (Phi) is 4.37. The summed E-state index contributed by atoms with van der Waals surface area (Å²) in [7, 11) is 0. The van der Waals surface area contributed by atoms with Crippen molar-refractivity contribution in [2.24, 2.45) is 5.73 Å². The van der Waals surface area contributed by atoms with E-state index in [1.807, 2.05) is 11.4 Å². The number of amides is 1. The van der Waals surface area contributed by atoms with Gasteiger partial charge >= 0.3 is 0 Å². The average Bonchev–Trinajstić information content (AvgIpc) is 2.45. The molecule has 72 valence electrons. The molecule has 3 N–H and O–H groups in total. The first kappa shape index (κ1) is 10.6. The number of hydrogen-bond acceptors (Lipinski definition) is 4. The van der Waals surface area contributed by atoms with E-state index in [1.54, 1.807) is 11.3 Å². The van der Waals surface area contributed by atoms with Crippen molar-refractivity contribution in [3.05, 3.63) is 20.8 Å². The van der Waals surface area contributed by atoms with Gasteiger partial charge in [0.2, 0.25) is 5.91 Å². The molecular formula is C7H9BrN2O2S. The van der Waals surface area contributed by atoms with Crippen molar-refractivity contribution in [3.63, 3.8) is 0 Å². The van der Waals surface area contributed by atoms with Gasteiger partial charge in [-0.05, 0) is 27.4 Å². The second kappa shape index (κ2) is 5.33. The fourth-order valence-electron chi connectivity index (χ4n) is 0.690. The van der Waals surface area contributed by atoms with Crippen molar-refractivity contribution in [1.82, 2.24) is 5.48 Å². The van der Waals surface area contributed by atoms with Gasteiger partial charge in [0.1, 0.15) is 6.61 Å². The molecule has 13 heavy (non-hydrogen) atoms. The summed E-state index contributed by atoms with van der Waals surface area (Å²) in [4.78, 5) is 16.2. The summed E-state index contributed by atoms with van der Waals surface area (Å²) in [6.45, 7) is 0.453. The lowest BCUT2D eigenvalue weighted by atomic mass is 10.5. The number of rotatable bonds is 5. The van der Waals surface area contributed by atoms with E-state index in [0.717, 1.165) is 9.35 Å². The van der Waals surface area contributed by atoms with E-state index in [4.69, 9.17) is 10.6 Å². The first-order valence-electron chi connectivity index (χ1n) is 3.55. The highest BCUT2D eigenvalue weighted by molar-refractivity contribution is 9.10. The largest absolute Gasteiger partial charge is 0.368 e. The fourth-order valence-corrected chi connectivity index (χ4v) is 2.11. The Labute approximate surface area is 88.2 Å². The molecule has 0 spiro atoms. The lowest BCUT2D eigenvalue weighted by molar-refractivity contribution is -0.125. The predicted octanol–water partition coefficient (Wildman–Crippen LogP) is 1.02. The molecule has 1 aromatic heterocycles. The van der Waals surface area contributed by atoms with Crippen LogP contribution in [0, 0.1) is 0 Å². The van der Waals surface area contributed by atoms with Crippen LogP contribution in [0.1, 0.15) is 4.88 Å². The number of hydrogen-bond donors (Lipinski definition) is 2. The summed E-state index contributed by atoms with van der Waals surface area (Å²) in [5.74, 6) is -0.488. The van der Waals surface area contributed by atoms with Gasteiger partial charge in [-0.1, -0.05) is 0 Å². The molecule has 0 aromatic carbocycles. The van der Waals surface area contributed by atoms with Gasteiger partial charge in [0.25, 0.3) is 0 Å². The monoisotopic (exact) mass is 264 g/mol. The molecule has 0 bridgehead atoms. The number of halogens is 1. The minimum Gasteiger partial charge on any atom is -0.368 e. The highest BCUT2D eigenvalue weighted by Gasteiger charge is 2.00. The molecule has 0 aliphatic rings. The Morgan fingerprint density at radius 1 is 1.77 bits per heavy atom. The molecule has 1 aromatic rings. The van der Waals surface area contributed by atoms with Gasteiger partial charge in [0, 0.05) is 9.35 Å². The first-order chi connectivity index (χ1) is 6.20. The van der Waals surface area contributed by atoms with E-state index in [-0.39, 0.29) is 6.61 Å². The van der Waals surface area contributed by atoms with Crippen LogP contribution in [0.4, 0.5) is 0 Å². The molecule has 6 heteroatoms. The van der Waals surface area contributed by atoms with Gasteiger partial charge in [-0.15, -0.1) is 11.3 Å². The van der Waals surface area contributed by atoms with Crippen molar-refractivity contribution in [3.8, 4) is 0 Å². The number of carbonyl (C=O) groups is 1. The third-order valence-electron chi connectivity index (χ3n) is 1.24. The summed E-state index contributed by atoms with van der Waals surface area (Å²) >= 11 is 4.97. The summed E-state index contributed by atoms with van der Waals surface area (Å²) in [6, 6.07) is 1.95. The fraction of sp³-hybridized carbons (Fsp3) is 0.286. The number of hydroxylamine groups is 1.